The van der Waals surface area contributed by atoms with E-state index in [1.807, 2.05) is 5.29 Å². The van der Waals surface area contributed by atoms with E-state index in [0.29, 0.717) is 24.8 Å². The number of carbonyl (C=O) groups excluding carboxylic acids is 2. The lowest BCUT2D eigenvalue weighted by molar-refractivity contribution is 0.204. The minimum atomic E-state index is -0.940. The second-order valence-electron chi connectivity index (χ2n) is 2.44. The third-order valence-corrected chi connectivity index (χ3v) is 1.63. The molecular weight excluding hydrogens is 291 g/mol. The highest BCUT2D eigenvalue weighted by atomic mass is 35.5. The molecule has 0 heterocycles. The molecule has 0 spiro atoms. The summed E-state index contributed by atoms with van der Waals surface area (Å²) in [6, 6.07) is -1.52. The van der Waals surface area contributed by atoms with Crippen LogP contribution in [0.4, 0.5) is 9.59 Å². The highest BCUT2D eigenvalue weighted by molar-refractivity contribution is 6.18. The third-order valence-electron chi connectivity index (χ3n) is 1.29. The molecule has 12 heteroatoms. The first-order valence-electron chi connectivity index (χ1n) is 4.40. The number of nitroso groups, excluding NO2 is 2. The third kappa shape index (κ3) is 12.4. The minimum absolute atomic E-state index is 0.295. The Morgan fingerprint density at radius 1 is 1.06 bits per heavy atom. The number of primary amides is 1. The lowest BCUT2D eigenvalue weighted by Gasteiger charge is -2.18. The summed E-state index contributed by atoms with van der Waals surface area (Å²) >= 11 is 10.8. The van der Waals surface area contributed by atoms with Crippen LogP contribution in [0.3, 0.4) is 0 Å². The molecule has 0 saturated heterocycles. The van der Waals surface area contributed by atoms with Gasteiger partial charge in [0.05, 0.1) is 10.6 Å². The highest BCUT2D eigenvalue weighted by Gasteiger charge is 2.10. The molecule has 0 aromatic heterocycles. The summed E-state index contributed by atoms with van der Waals surface area (Å²) in [5, 5.41) is 4.20. The maximum Gasteiger partial charge on any atom is 0.340 e. The number of hydrogen-bond acceptors (Lipinski definition) is 6. The van der Waals surface area contributed by atoms with E-state index >= 15 is 0 Å². The number of hydrogen-bond donors (Lipinski definition) is 3. The van der Waals surface area contributed by atoms with Gasteiger partial charge in [-0.1, -0.05) is 0 Å². The molecule has 0 fully saturated rings. The molecule has 0 atom stereocenters. The Hall–Kier alpha value is -1.68. The number of rotatable bonds is 6. The first-order chi connectivity index (χ1) is 8.53. The van der Waals surface area contributed by atoms with Crippen molar-refractivity contribution in [3.8, 4) is 0 Å². The van der Waals surface area contributed by atoms with Crippen LogP contribution in [0.15, 0.2) is 10.6 Å². The number of urea groups is 2. The minimum Gasteiger partial charge on any atom is -0.350 e. The topological polar surface area (TPSA) is 146 Å². The fourth-order valence-electron chi connectivity index (χ4n) is 0.674. The maximum atomic E-state index is 10.9. The van der Waals surface area contributed by atoms with Gasteiger partial charge >= 0.3 is 12.1 Å². The predicted molar refractivity (Wildman–Crippen MR) is 65.9 cm³/mol. The van der Waals surface area contributed by atoms with Crippen molar-refractivity contribution < 1.29 is 9.59 Å². The van der Waals surface area contributed by atoms with Crippen molar-refractivity contribution in [1.82, 2.24) is 15.8 Å². The smallest absolute Gasteiger partial charge is 0.340 e. The van der Waals surface area contributed by atoms with Crippen LogP contribution >= 0.6 is 23.2 Å². The number of amides is 4. The van der Waals surface area contributed by atoms with Gasteiger partial charge in [0.15, 0.2) is 0 Å². The zero-order valence-corrected chi connectivity index (χ0v) is 10.6. The van der Waals surface area contributed by atoms with E-state index in [4.69, 9.17) is 28.1 Å². The molecule has 0 saturated carbocycles. The second-order valence-corrected chi connectivity index (χ2v) is 3.20. The number of carbonyl (C=O) groups is 2. The van der Waals surface area contributed by atoms with Gasteiger partial charge in [-0.3, -0.25) is 0 Å². The van der Waals surface area contributed by atoms with Gasteiger partial charge in [0.2, 0.25) is 0 Å². The molecule has 4 amide bonds. The standard InChI is InChI=1S/C5H9Cl2N3O2.CH3N3O2/c6-1-3-10(4-2-7)5(11)8-9-12;2-1(5)3-4-6/h1-4H2,(H,8,11,12);(H3,2,3,5,6). The zero-order valence-electron chi connectivity index (χ0n) is 9.14. The monoisotopic (exact) mass is 302 g/mol. The van der Waals surface area contributed by atoms with Gasteiger partial charge in [-0.25, -0.2) is 9.59 Å². The normalized spacial score (nSPS) is 8.33. The van der Waals surface area contributed by atoms with Crippen LogP contribution in [-0.2, 0) is 0 Å². The molecular formula is C6H12Cl2N6O4. The Balaban J connectivity index is 0. The van der Waals surface area contributed by atoms with Crippen LogP contribution in [-0.4, -0.2) is 41.8 Å². The van der Waals surface area contributed by atoms with Crippen LogP contribution < -0.4 is 16.6 Å². The first-order valence-corrected chi connectivity index (χ1v) is 5.47. The second kappa shape index (κ2) is 13.4. The van der Waals surface area contributed by atoms with Gasteiger partial charge < -0.3 is 10.6 Å². The Kier molecular flexibility index (Phi) is 13.9. The largest absolute Gasteiger partial charge is 0.350 e. The molecule has 0 unspecified atom stereocenters. The summed E-state index contributed by atoms with van der Waals surface area (Å²) in [7, 11) is 0. The van der Waals surface area contributed by atoms with Crippen LogP contribution in [0.1, 0.15) is 0 Å². The number of nitrogens with one attached hydrogen (secondary N) is 2. The van der Waals surface area contributed by atoms with E-state index in [0.717, 1.165) is 0 Å². The molecule has 0 bridgehead atoms. The Labute approximate surface area is 112 Å². The molecule has 18 heavy (non-hydrogen) atoms. The van der Waals surface area contributed by atoms with Gasteiger partial charge in [0.25, 0.3) is 0 Å². The van der Waals surface area contributed by atoms with Gasteiger partial charge in [-0.05, 0) is 0 Å². The van der Waals surface area contributed by atoms with E-state index in [1.165, 1.54) is 10.3 Å². The highest BCUT2D eigenvalue weighted by Crippen LogP contribution is 1.92. The van der Waals surface area contributed by atoms with E-state index in [9.17, 15) is 14.5 Å². The molecule has 104 valence electrons. The van der Waals surface area contributed by atoms with Crippen LogP contribution in [0, 0.1) is 9.81 Å². The lowest BCUT2D eigenvalue weighted by atomic mass is 10.5. The number of alkyl halides is 2. The van der Waals surface area contributed by atoms with Gasteiger partial charge in [-0.2, -0.15) is 10.9 Å². The summed E-state index contributed by atoms with van der Waals surface area (Å²) < 4.78 is 0. The first kappa shape index (κ1) is 18.7. The molecule has 0 aliphatic carbocycles. The summed E-state index contributed by atoms with van der Waals surface area (Å²) in [4.78, 5) is 40.3. The van der Waals surface area contributed by atoms with Crippen molar-refractivity contribution in [2.45, 2.75) is 0 Å². The van der Waals surface area contributed by atoms with Crippen molar-refractivity contribution >= 4 is 35.3 Å². The van der Waals surface area contributed by atoms with Crippen molar-refractivity contribution in [3.63, 3.8) is 0 Å². The van der Waals surface area contributed by atoms with Crippen LogP contribution in [0.2, 0.25) is 0 Å². The average Bonchev–Trinajstić information content (AvgIpc) is 2.29. The molecule has 0 rings (SSSR count). The number of halogens is 2. The molecule has 10 nitrogen and oxygen atoms in total. The van der Waals surface area contributed by atoms with Crippen LogP contribution in [0.25, 0.3) is 0 Å². The van der Waals surface area contributed by atoms with E-state index in [2.05, 4.69) is 11.0 Å². The fourth-order valence-corrected chi connectivity index (χ4v) is 1.08. The summed E-state index contributed by atoms with van der Waals surface area (Å²) in [6.07, 6.45) is 0. The average molecular weight is 303 g/mol. The Morgan fingerprint density at radius 3 is 1.72 bits per heavy atom. The van der Waals surface area contributed by atoms with Gasteiger partial charge in [0.1, 0.15) is 0 Å². The quantitative estimate of drug-likeness (QED) is 0.372. The molecule has 0 aromatic rings. The maximum absolute atomic E-state index is 10.9. The van der Waals surface area contributed by atoms with E-state index in [-0.39, 0.29) is 0 Å². The molecule has 4 N–H and O–H groups in total. The fraction of sp³-hybridized carbons (Fsp3) is 0.667. The Morgan fingerprint density at radius 2 is 1.50 bits per heavy atom. The van der Waals surface area contributed by atoms with E-state index in [1.54, 1.807) is 5.43 Å². The lowest BCUT2D eigenvalue weighted by Crippen LogP contribution is -2.39. The van der Waals surface area contributed by atoms with Crippen molar-refractivity contribution in [3.05, 3.63) is 9.81 Å². The van der Waals surface area contributed by atoms with Crippen molar-refractivity contribution in [1.29, 1.82) is 0 Å². The summed E-state index contributed by atoms with van der Waals surface area (Å²) in [5.74, 6) is 0.590. The molecule has 0 aliphatic heterocycles. The van der Waals surface area contributed by atoms with Crippen molar-refractivity contribution in [2.24, 2.45) is 16.3 Å². The van der Waals surface area contributed by atoms with Gasteiger partial charge in [0, 0.05) is 24.8 Å². The number of nitrogens with two attached hydrogens (primary N) is 1. The molecule has 0 aliphatic rings. The summed E-state index contributed by atoms with van der Waals surface area (Å²) in [6.45, 7) is 0.686. The van der Waals surface area contributed by atoms with Crippen molar-refractivity contribution in [2.75, 3.05) is 24.8 Å². The molecule has 0 aromatic carbocycles. The van der Waals surface area contributed by atoms with Gasteiger partial charge in [-0.15, -0.1) is 33.0 Å². The SMILES string of the molecule is NC(=O)NN=O.O=NNC(=O)N(CCCl)CCCl. The zero-order chi connectivity index (χ0) is 14.4. The number of nitrogens with zero attached hydrogens (tertiary/aromatic N) is 3. The molecule has 0 radical (unpaired) electrons. The predicted octanol–water partition coefficient (Wildman–Crippen LogP) is 0.493. The van der Waals surface area contributed by atoms with E-state index < -0.39 is 12.1 Å². The summed E-state index contributed by atoms with van der Waals surface area (Å²) in [5.41, 5.74) is 7.53. The van der Waals surface area contributed by atoms with Crippen LogP contribution in [0.5, 0.6) is 0 Å². The Bertz CT molecular complexity index is 273.